The first-order valence-electron chi connectivity index (χ1n) is 7.35. The third kappa shape index (κ3) is 5.04. The molecule has 2 N–H and O–H groups in total. The highest BCUT2D eigenvalue weighted by Gasteiger charge is 2.07. The minimum absolute atomic E-state index is 0.0763. The molecule has 0 spiro atoms. The lowest BCUT2D eigenvalue weighted by molar-refractivity contribution is 0.0954. The number of nitrogens with one attached hydrogen (secondary N) is 2. The Morgan fingerprint density at radius 2 is 2.00 bits per heavy atom. The normalized spacial score (nSPS) is 10.5. The predicted octanol–water partition coefficient (Wildman–Crippen LogP) is 1.66. The standard InChI is InChI=1S/C16H22N4O/c1-2-8-17-9-10-18-16(21)15-11-19-20(13-15)12-14-6-4-3-5-7-14/h3-7,11,13,17H,2,8-10,12H2,1H3,(H,18,21). The van der Waals surface area contributed by atoms with Crippen molar-refractivity contribution in [3.63, 3.8) is 0 Å². The summed E-state index contributed by atoms with van der Waals surface area (Å²) in [6, 6.07) is 10.1. The monoisotopic (exact) mass is 286 g/mol. The van der Waals surface area contributed by atoms with Crippen LogP contribution in [0.4, 0.5) is 0 Å². The topological polar surface area (TPSA) is 58.9 Å². The van der Waals surface area contributed by atoms with Crippen molar-refractivity contribution < 1.29 is 4.79 Å². The Bertz CT molecular complexity index is 550. The van der Waals surface area contributed by atoms with Gasteiger partial charge in [0.25, 0.3) is 5.91 Å². The van der Waals surface area contributed by atoms with Gasteiger partial charge in [0.15, 0.2) is 0 Å². The Morgan fingerprint density at radius 3 is 2.76 bits per heavy atom. The van der Waals surface area contributed by atoms with Crippen LogP contribution in [-0.4, -0.2) is 35.3 Å². The van der Waals surface area contributed by atoms with Crippen LogP contribution in [0.2, 0.25) is 0 Å². The van der Waals surface area contributed by atoms with Gasteiger partial charge >= 0.3 is 0 Å². The van der Waals surface area contributed by atoms with Crippen LogP contribution in [0.1, 0.15) is 29.3 Å². The Morgan fingerprint density at radius 1 is 1.19 bits per heavy atom. The lowest BCUT2D eigenvalue weighted by Gasteiger charge is -2.04. The van der Waals surface area contributed by atoms with E-state index in [2.05, 4.69) is 22.7 Å². The number of carbonyl (C=O) groups is 1. The fourth-order valence-electron chi connectivity index (χ4n) is 2.01. The summed E-state index contributed by atoms with van der Waals surface area (Å²) in [7, 11) is 0. The molecular formula is C16H22N4O. The zero-order valence-corrected chi connectivity index (χ0v) is 12.4. The Balaban J connectivity index is 1.80. The van der Waals surface area contributed by atoms with Crippen LogP contribution < -0.4 is 10.6 Å². The van der Waals surface area contributed by atoms with E-state index >= 15 is 0 Å². The lowest BCUT2D eigenvalue weighted by atomic mass is 10.2. The maximum absolute atomic E-state index is 12.0. The van der Waals surface area contributed by atoms with Crippen molar-refractivity contribution in [1.82, 2.24) is 20.4 Å². The number of carbonyl (C=O) groups excluding carboxylic acids is 1. The summed E-state index contributed by atoms with van der Waals surface area (Å²) < 4.78 is 1.78. The fraction of sp³-hybridized carbons (Fsp3) is 0.375. The van der Waals surface area contributed by atoms with Crippen molar-refractivity contribution in [3.05, 3.63) is 53.9 Å². The largest absolute Gasteiger partial charge is 0.351 e. The van der Waals surface area contributed by atoms with Crippen LogP contribution in [0.3, 0.4) is 0 Å². The van der Waals surface area contributed by atoms with Crippen LogP contribution in [0.5, 0.6) is 0 Å². The van der Waals surface area contributed by atoms with Crippen LogP contribution in [0.15, 0.2) is 42.7 Å². The summed E-state index contributed by atoms with van der Waals surface area (Å²) in [5, 5.41) is 10.4. The third-order valence-electron chi connectivity index (χ3n) is 3.10. The van der Waals surface area contributed by atoms with Gasteiger partial charge in [0.05, 0.1) is 18.3 Å². The average Bonchev–Trinajstić information content (AvgIpc) is 2.96. The smallest absolute Gasteiger partial charge is 0.254 e. The number of hydrogen-bond acceptors (Lipinski definition) is 3. The molecule has 0 aliphatic heterocycles. The van der Waals surface area contributed by atoms with Gasteiger partial charge in [0.2, 0.25) is 0 Å². The van der Waals surface area contributed by atoms with E-state index in [1.807, 2.05) is 30.3 Å². The van der Waals surface area contributed by atoms with Crippen LogP contribution >= 0.6 is 0 Å². The molecule has 21 heavy (non-hydrogen) atoms. The van der Waals surface area contributed by atoms with E-state index in [0.717, 1.165) is 25.1 Å². The van der Waals surface area contributed by atoms with E-state index in [1.54, 1.807) is 17.1 Å². The highest BCUT2D eigenvalue weighted by Crippen LogP contribution is 2.03. The maximum Gasteiger partial charge on any atom is 0.254 e. The molecule has 2 aromatic rings. The number of aromatic nitrogens is 2. The highest BCUT2D eigenvalue weighted by molar-refractivity contribution is 5.93. The quantitative estimate of drug-likeness (QED) is 0.726. The zero-order chi connectivity index (χ0) is 14.9. The SMILES string of the molecule is CCCNCCNC(=O)c1cnn(Cc2ccccc2)c1. The van der Waals surface area contributed by atoms with Gasteiger partial charge in [-0.2, -0.15) is 5.10 Å². The molecule has 1 heterocycles. The summed E-state index contributed by atoms with van der Waals surface area (Å²) in [6.45, 7) is 5.18. The van der Waals surface area contributed by atoms with Crippen molar-refractivity contribution >= 4 is 5.91 Å². The zero-order valence-electron chi connectivity index (χ0n) is 12.4. The summed E-state index contributed by atoms with van der Waals surface area (Å²) in [5.74, 6) is -0.0763. The maximum atomic E-state index is 12.0. The lowest BCUT2D eigenvalue weighted by Crippen LogP contribution is -2.31. The van der Waals surface area contributed by atoms with Gasteiger partial charge in [-0.15, -0.1) is 0 Å². The molecule has 0 radical (unpaired) electrons. The molecule has 2 rings (SSSR count). The number of hydrogen-bond donors (Lipinski definition) is 2. The molecule has 0 fully saturated rings. The fourth-order valence-corrected chi connectivity index (χ4v) is 2.01. The minimum Gasteiger partial charge on any atom is -0.351 e. The molecule has 0 saturated carbocycles. The molecule has 1 aromatic carbocycles. The Labute approximate surface area is 125 Å². The summed E-state index contributed by atoms with van der Waals surface area (Å²) in [6.07, 6.45) is 4.49. The molecular weight excluding hydrogens is 264 g/mol. The molecule has 5 heteroatoms. The molecule has 0 atom stereocenters. The molecule has 0 unspecified atom stereocenters. The molecule has 1 aromatic heterocycles. The number of amides is 1. The molecule has 0 saturated heterocycles. The van der Waals surface area contributed by atoms with Crippen molar-refractivity contribution in [3.8, 4) is 0 Å². The van der Waals surface area contributed by atoms with Gasteiger partial charge in [-0.25, -0.2) is 0 Å². The van der Waals surface area contributed by atoms with Crippen molar-refractivity contribution in [2.75, 3.05) is 19.6 Å². The Hall–Kier alpha value is -2.14. The first-order chi connectivity index (χ1) is 10.3. The Kier molecular flexibility index (Phi) is 5.97. The second kappa shape index (κ2) is 8.21. The van der Waals surface area contributed by atoms with Crippen molar-refractivity contribution in [2.24, 2.45) is 0 Å². The third-order valence-corrected chi connectivity index (χ3v) is 3.10. The van der Waals surface area contributed by atoms with Crippen LogP contribution in [-0.2, 0) is 6.54 Å². The first-order valence-corrected chi connectivity index (χ1v) is 7.35. The summed E-state index contributed by atoms with van der Waals surface area (Å²) in [5.41, 5.74) is 1.76. The second-order valence-electron chi connectivity index (χ2n) is 4.92. The molecule has 1 amide bonds. The van der Waals surface area contributed by atoms with E-state index in [-0.39, 0.29) is 5.91 Å². The van der Waals surface area contributed by atoms with Gasteiger partial charge in [-0.1, -0.05) is 37.3 Å². The molecule has 0 aliphatic rings. The average molecular weight is 286 g/mol. The number of benzene rings is 1. The van der Waals surface area contributed by atoms with E-state index in [1.165, 1.54) is 0 Å². The second-order valence-corrected chi connectivity index (χ2v) is 4.92. The minimum atomic E-state index is -0.0763. The van der Waals surface area contributed by atoms with Gasteiger partial charge in [0, 0.05) is 19.3 Å². The van der Waals surface area contributed by atoms with E-state index in [9.17, 15) is 4.79 Å². The molecule has 5 nitrogen and oxygen atoms in total. The first kappa shape index (κ1) is 15.3. The molecule has 0 aliphatic carbocycles. The van der Waals surface area contributed by atoms with Gasteiger partial charge < -0.3 is 10.6 Å². The van der Waals surface area contributed by atoms with Gasteiger partial charge in [-0.05, 0) is 18.5 Å². The number of nitrogens with zero attached hydrogens (tertiary/aromatic N) is 2. The molecule has 0 bridgehead atoms. The van der Waals surface area contributed by atoms with E-state index < -0.39 is 0 Å². The predicted molar refractivity (Wildman–Crippen MR) is 83.3 cm³/mol. The molecule has 112 valence electrons. The summed E-state index contributed by atoms with van der Waals surface area (Å²) >= 11 is 0. The summed E-state index contributed by atoms with van der Waals surface area (Å²) in [4.78, 5) is 12.0. The number of rotatable bonds is 8. The van der Waals surface area contributed by atoms with E-state index in [4.69, 9.17) is 0 Å². The van der Waals surface area contributed by atoms with E-state index in [0.29, 0.717) is 18.7 Å². The van der Waals surface area contributed by atoms with Crippen LogP contribution in [0.25, 0.3) is 0 Å². The van der Waals surface area contributed by atoms with Crippen molar-refractivity contribution in [2.45, 2.75) is 19.9 Å². The van der Waals surface area contributed by atoms with Gasteiger partial charge in [-0.3, -0.25) is 9.48 Å². The highest BCUT2D eigenvalue weighted by atomic mass is 16.1. The van der Waals surface area contributed by atoms with Crippen molar-refractivity contribution in [1.29, 1.82) is 0 Å². The van der Waals surface area contributed by atoms with Crippen LogP contribution in [0, 0.1) is 0 Å². The van der Waals surface area contributed by atoms with Gasteiger partial charge in [0.1, 0.15) is 0 Å².